The molecule has 1 heterocycles. The van der Waals surface area contributed by atoms with Gasteiger partial charge in [-0.3, -0.25) is 9.59 Å². The highest BCUT2D eigenvalue weighted by atomic mass is 32.1. The van der Waals surface area contributed by atoms with Crippen LogP contribution in [0.25, 0.3) is 10.6 Å². The topological polar surface area (TPSA) is 71.1 Å². The van der Waals surface area contributed by atoms with E-state index in [4.69, 9.17) is 0 Å². The third-order valence-electron chi connectivity index (χ3n) is 4.08. The summed E-state index contributed by atoms with van der Waals surface area (Å²) in [6, 6.07) is 12.6. The molecule has 3 rings (SSSR count). The summed E-state index contributed by atoms with van der Waals surface area (Å²) in [5.74, 6) is -2.47. The van der Waals surface area contributed by atoms with Crippen molar-refractivity contribution in [2.24, 2.45) is 0 Å². The number of hydrogen-bond donors (Lipinski definition) is 2. The molecule has 0 fully saturated rings. The van der Waals surface area contributed by atoms with Crippen molar-refractivity contribution in [2.75, 3.05) is 6.54 Å². The predicted octanol–water partition coefficient (Wildman–Crippen LogP) is 3.91. The van der Waals surface area contributed by atoms with E-state index in [-0.39, 0.29) is 24.4 Å². The first-order chi connectivity index (χ1) is 14.0. The van der Waals surface area contributed by atoms with Crippen LogP contribution in [0.2, 0.25) is 0 Å². The van der Waals surface area contributed by atoms with E-state index in [9.17, 15) is 18.4 Å². The van der Waals surface area contributed by atoms with E-state index in [1.807, 2.05) is 35.7 Å². The molecule has 29 heavy (non-hydrogen) atoms. The number of carbonyl (C=O) groups excluding carboxylic acids is 2. The van der Waals surface area contributed by atoms with E-state index in [1.54, 1.807) is 0 Å². The molecule has 0 aliphatic rings. The Bertz CT molecular complexity index is 993. The van der Waals surface area contributed by atoms with Crippen molar-refractivity contribution in [3.63, 3.8) is 0 Å². The van der Waals surface area contributed by atoms with Crippen LogP contribution >= 0.6 is 11.3 Å². The maximum atomic E-state index is 13.5. The standard InChI is InChI=1S/C21H19F2N3O2S/c22-15-8-9-17(18(23)11-15)20(28)24-10-4-7-19(27)25-12-16-13-29-21(26-16)14-5-2-1-3-6-14/h1-3,5-6,8-9,11,13H,4,7,10,12H2,(H,24,28)(H,25,27). The van der Waals surface area contributed by atoms with Crippen molar-refractivity contribution in [3.05, 3.63) is 76.8 Å². The monoisotopic (exact) mass is 415 g/mol. The normalized spacial score (nSPS) is 10.6. The van der Waals surface area contributed by atoms with Gasteiger partial charge in [0.1, 0.15) is 16.6 Å². The molecule has 0 aliphatic carbocycles. The van der Waals surface area contributed by atoms with Crippen LogP contribution in [0.4, 0.5) is 8.78 Å². The second-order valence-electron chi connectivity index (χ2n) is 6.27. The third-order valence-corrected chi connectivity index (χ3v) is 5.02. The molecule has 0 radical (unpaired) electrons. The molecule has 0 bridgehead atoms. The number of rotatable bonds is 8. The first-order valence-electron chi connectivity index (χ1n) is 9.02. The minimum absolute atomic E-state index is 0.165. The summed E-state index contributed by atoms with van der Waals surface area (Å²) < 4.78 is 26.4. The van der Waals surface area contributed by atoms with Crippen LogP contribution in [-0.4, -0.2) is 23.3 Å². The lowest BCUT2D eigenvalue weighted by Gasteiger charge is -2.07. The van der Waals surface area contributed by atoms with Crippen LogP contribution in [0.5, 0.6) is 0 Å². The first-order valence-corrected chi connectivity index (χ1v) is 9.90. The quantitative estimate of drug-likeness (QED) is 0.548. The number of hydrogen-bond acceptors (Lipinski definition) is 4. The van der Waals surface area contributed by atoms with Gasteiger partial charge in [0.2, 0.25) is 5.91 Å². The predicted molar refractivity (Wildman–Crippen MR) is 107 cm³/mol. The van der Waals surface area contributed by atoms with Crippen molar-refractivity contribution in [1.29, 1.82) is 0 Å². The van der Waals surface area contributed by atoms with Crippen molar-refractivity contribution >= 4 is 23.2 Å². The fourth-order valence-electron chi connectivity index (χ4n) is 2.60. The fourth-order valence-corrected chi connectivity index (χ4v) is 3.42. The van der Waals surface area contributed by atoms with Crippen molar-refractivity contribution < 1.29 is 18.4 Å². The Morgan fingerprint density at radius 2 is 1.83 bits per heavy atom. The van der Waals surface area contributed by atoms with E-state index in [0.717, 1.165) is 28.4 Å². The van der Waals surface area contributed by atoms with Crippen molar-refractivity contribution in [2.45, 2.75) is 19.4 Å². The summed E-state index contributed by atoms with van der Waals surface area (Å²) in [5.41, 5.74) is 1.58. The SMILES string of the molecule is O=C(CCCNC(=O)c1ccc(F)cc1F)NCc1csc(-c2ccccc2)n1. The second-order valence-corrected chi connectivity index (χ2v) is 7.13. The Labute approximate surface area is 170 Å². The van der Waals surface area contributed by atoms with E-state index >= 15 is 0 Å². The third kappa shape index (κ3) is 5.92. The van der Waals surface area contributed by atoms with Gasteiger partial charge < -0.3 is 10.6 Å². The van der Waals surface area contributed by atoms with Gasteiger partial charge in [0.15, 0.2) is 0 Å². The van der Waals surface area contributed by atoms with Gasteiger partial charge in [-0.25, -0.2) is 13.8 Å². The number of nitrogens with zero attached hydrogens (tertiary/aromatic N) is 1. The molecule has 8 heteroatoms. The minimum Gasteiger partial charge on any atom is -0.352 e. The molecule has 0 saturated heterocycles. The van der Waals surface area contributed by atoms with Gasteiger partial charge in [0.05, 0.1) is 17.8 Å². The van der Waals surface area contributed by atoms with E-state index in [1.165, 1.54) is 11.3 Å². The van der Waals surface area contributed by atoms with Gasteiger partial charge in [-0.1, -0.05) is 30.3 Å². The number of benzene rings is 2. The Balaban J connectivity index is 1.37. The highest BCUT2D eigenvalue weighted by Gasteiger charge is 2.12. The molecule has 3 aromatic rings. The van der Waals surface area contributed by atoms with Gasteiger partial charge in [0.25, 0.3) is 5.91 Å². The lowest BCUT2D eigenvalue weighted by atomic mass is 10.2. The maximum Gasteiger partial charge on any atom is 0.254 e. The number of aromatic nitrogens is 1. The average molecular weight is 415 g/mol. The summed E-state index contributed by atoms with van der Waals surface area (Å²) in [6.07, 6.45) is 0.606. The summed E-state index contributed by atoms with van der Waals surface area (Å²) >= 11 is 1.51. The lowest BCUT2D eigenvalue weighted by Crippen LogP contribution is -2.28. The molecule has 0 aliphatic heterocycles. The minimum atomic E-state index is -0.918. The molecule has 2 amide bonds. The molecule has 0 saturated carbocycles. The highest BCUT2D eigenvalue weighted by Crippen LogP contribution is 2.23. The Hall–Kier alpha value is -3.13. The Kier molecular flexibility index (Phi) is 7.02. The zero-order chi connectivity index (χ0) is 20.6. The number of thiazole rings is 1. The maximum absolute atomic E-state index is 13.5. The van der Waals surface area contributed by atoms with Crippen LogP contribution in [-0.2, 0) is 11.3 Å². The van der Waals surface area contributed by atoms with Gasteiger partial charge in [-0.2, -0.15) is 0 Å². The van der Waals surface area contributed by atoms with Crippen LogP contribution < -0.4 is 10.6 Å². The van der Waals surface area contributed by atoms with E-state index < -0.39 is 17.5 Å². The Morgan fingerprint density at radius 1 is 1.03 bits per heavy atom. The number of carbonyl (C=O) groups is 2. The first kappa shape index (κ1) is 20.6. The van der Waals surface area contributed by atoms with Crippen LogP contribution in [0.3, 0.4) is 0 Å². The molecular weight excluding hydrogens is 396 g/mol. The smallest absolute Gasteiger partial charge is 0.254 e. The summed E-state index contributed by atoms with van der Waals surface area (Å²) in [6.45, 7) is 0.535. The molecule has 0 atom stereocenters. The van der Waals surface area contributed by atoms with Crippen molar-refractivity contribution in [3.8, 4) is 10.6 Å². The summed E-state index contributed by atoms with van der Waals surface area (Å²) in [4.78, 5) is 28.3. The van der Waals surface area contributed by atoms with Gasteiger partial charge >= 0.3 is 0 Å². The molecule has 150 valence electrons. The second kappa shape index (κ2) is 9.88. The van der Waals surface area contributed by atoms with E-state index in [2.05, 4.69) is 15.6 Å². The number of nitrogens with one attached hydrogen (secondary N) is 2. The largest absolute Gasteiger partial charge is 0.352 e. The molecule has 0 spiro atoms. The zero-order valence-corrected chi connectivity index (χ0v) is 16.3. The lowest BCUT2D eigenvalue weighted by molar-refractivity contribution is -0.121. The Morgan fingerprint density at radius 3 is 2.59 bits per heavy atom. The van der Waals surface area contributed by atoms with E-state index in [0.29, 0.717) is 19.0 Å². The number of halogens is 2. The van der Waals surface area contributed by atoms with Gasteiger partial charge in [0, 0.05) is 30.0 Å². The van der Waals surface area contributed by atoms with Gasteiger partial charge in [-0.15, -0.1) is 11.3 Å². The molecule has 2 aromatic carbocycles. The fraction of sp³-hybridized carbons (Fsp3) is 0.190. The van der Waals surface area contributed by atoms with Crippen molar-refractivity contribution in [1.82, 2.24) is 15.6 Å². The molecular formula is C21H19F2N3O2S. The molecule has 5 nitrogen and oxygen atoms in total. The van der Waals surface area contributed by atoms with Gasteiger partial charge in [-0.05, 0) is 18.6 Å². The highest BCUT2D eigenvalue weighted by molar-refractivity contribution is 7.13. The number of amides is 2. The molecule has 1 aromatic heterocycles. The zero-order valence-electron chi connectivity index (χ0n) is 15.5. The van der Waals surface area contributed by atoms with Crippen LogP contribution in [0.15, 0.2) is 53.9 Å². The summed E-state index contributed by atoms with van der Waals surface area (Å²) in [7, 11) is 0. The average Bonchev–Trinajstić information content (AvgIpc) is 3.19. The molecule has 0 unspecified atom stereocenters. The summed E-state index contributed by atoms with van der Waals surface area (Å²) in [5, 5.41) is 8.10. The van der Waals surface area contributed by atoms with Crippen LogP contribution in [0.1, 0.15) is 28.9 Å². The van der Waals surface area contributed by atoms with Crippen LogP contribution in [0, 0.1) is 11.6 Å². The molecule has 2 N–H and O–H groups in total.